The second kappa shape index (κ2) is 4.93. The third-order valence-electron chi connectivity index (χ3n) is 2.93. The Kier molecular flexibility index (Phi) is 3.56. The third-order valence-corrected chi connectivity index (χ3v) is 3.62. The molecule has 1 aromatic rings. The first-order chi connectivity index (χ1) is 7.68. The van der Waals surface area contributed by atoms with Gasteiger partial charge in [-0.15, -0.1) is 0 Å². The van der Waals surface area contributed by atoms with E-state index in [-0.39, 0.29) is 10.6 Å². The van der Waals surface area contributed by atoms with Crippen LogP contribution in [0.5, 0.6) is 0 Å². The molecule has 1 aliphatic rings. The molecule has 0 saturated carbocycles. The lowest BCUT2D eigenvalue weighted by Crippen LogP contribution is -2.28. The largest absolute Gasteiger partial charge is 0.316 e. The molecule has 1 atom stereocenters. The summed E-state index contributed by atoms with van der Waals surface area (Å²) >= 11 is 3.42. The maximum Gasteiger partial charge on any atom is 0.270 e. The number of hydrogen-bond acceptors (Lipinski definition) is 3. The molecule has 1 saturated heterocycles. The van der Waals surface area contributed by atoms with Gasteiger partial charge in [0.2, 0.25) is 0 Å². The van der Waals surface area contributed by atoms with Gasteiger partial charge >= 0.3 is 0 Å². The van der Waals surface area contributed by atoms with Gasteiger partial charge in [-0.05, 0) is 30.9 Å². The van der Waals surface area contributed by atoms with Gasteiger partial charge in [0, 0.05) is 23.2 Å². The molecule has 0 aromatic heterocycles. The maximum absolute atomic E-state index is 10.6. The molecule has 5 heteroatoms. The number of nitrogens with zero attached hydrogens (tertiary/aromatic N) is 1. The van der Waals surface area contributed by atoms with E-state index in [1.54, 1.807) is 12.1 Å². The fourth-order valence-corrected chi connectivity index (χ4v) is 2.77. The predicted octanol–water partition coefficient (Wildman–Crippen LogP) is 2.82. The Labute approximate surface area is 102 Å². The summed E-state index contributed by atoms with van der Waals surface area (Å²) in [6, 6.07) is 5.03. The van der Waals surface area contributed by atoms with Gasteiger partial charge < -0.3 is 5.32 Å². The lowest BCUT2D eigenvalue weighted by Gasteiger charge is -2.23. The minimum absolute atomic E-state index is 0.138. The number of rotatable bonds is 2. The molecule has 1 fully saturated rings. The minimum Gasteiger partial charge on any atom is -0.316 e. The minimum atomic E-state index is -0.367. The molecule has 86 valence electrons. The van der Waals surface area contributed by atoms with Crippen LogP contribution in [0, 0.1) is 10.1 Å². The van der Waals surface area contributed by atoms with Gasteiger partial charge in [0.15, 0.2) is 0 Å². The van der Waals surface area contributed by atoms with Crippen molar-refractivity contribution in [3.8, 4) is 0 Å². The summed E-state index contributed by atoms with van der Waals surface area (Å²) in [6.45, 7) is 2.03. The molecule has 0 spiro atoms. The summed E-state index contributed by atoms with van der Waals surface area (Å²) in [5.41, 5.74) is 1.30. The van der Waals surface area contributed by atoms with Crippen LogP contribution in [0.15, 0.2) is 22.7 Å². The molecule has 1 unspecified atom stereocenters. The standard InChI is InChI=1S/C11H13BrN2O2/c12-11-6-9(14(15)16)3-4-10(11)8-2-1-5-13-7-8/h3-4,6,8,13H,1-2,5,7H2. The highest BCUT2D eigenvalue weighted by atomic mass is 79.9. The Hall–Kier alpha value is -0.940. The van der Waals surface area contributed by atoms with Crippen LogP contribution < -0.4 is 5.32 Å². The smallest absolute Gasteiger partial charge is 0.270 e. The van der Waals surface area contributed by atoms with Crippen LogP contribution in [-0.4, -0.2) is 18.0 Å². The van der Waals surface area contributed by atoms with Crippen molar-refractivity contribution in [3.63, 3.8) is 0 Å². The number of nitrogens with one attached hydrogen (secondary N) is 1. The van der Waals surface area contributed by atoms with Gasteiger partial charge in [-0.25, -0.2) is 0 Å². The van der Waals surface area contributed by atoms with E-state index in [9.17, 15) is 10.1 Å². The summed E-state index contributed by atoms with van der Waals surface area (Å²) in [5, 5.41) is 14.0. The van der Waals surface area contributed by atoms with E-state index in [0.717, 1.165) is 36.0 Å². The maximum atomic E-state index is 10.6. The van der Waals surface area contributed by atoms with Crippen LogP contribution in [-0.2, 0) is 0 Å². The van der Waals surface area contributed by atoms with Crippen LogP contribution in [0.3, 0.4) is 0 Å². The van der Waals surface area contributed by atoms with E-state index < -0.39 is 0 Å². The van der Waals surface area contributed by atoms with Crippen molar-refractivity contribution in [2.45, 2.75) is 18.8 Å². The number of benzene rings is 1. The molecule has 1 aromatic carbocycles. The van der Waals surface area contributed by atoms with E-state index in [2.05, 4.69) is 21.2 Å². The van der Waals surface area contributed by atoms with E-state index in [1.807, 2.05) is 6.07 Å². The average molecular weight is 285 g/mol. The zero-order valence-corrected chi connectivity index (χ0v) is 10.4. The molecular weight excluding hydrogens is 272 g/mol. The zero-order chi connectivity index (χ0) is 11.5. The number of halogens is 1. The van der Waals surface area contributed by atoms with E-state index in [0.29, 0.717) is 5.92 Å². The van der Waals surface area contributed by atoms with Gasteiger partial charge in [0.1, 0.15) is 0 Å². The van der Waals surface area contributed by atoms with Crippen LogP contribution in [0.2, 0.25) is 0 Å². The number of piperidine rings is 1. The monoisotopic (exact) mass is 284 g/mol. The van der Waals surface area contributed by atoms with Crippen molar-refractivity contribution in [2.75, 3.05) is 13.1 Å². The van der Waals surface area contributed by atoms with Gasteiger partial charge in [0.05, 0.1) is 4.92 Å². The van der Waals surface area contributed by atoms with Crippen LogP contribution in [0.4, 0.5) is 5.69 Å². The number of nitro groups is 1. The molecule has 1 heterocycles. The van der Waals surface area contributed by atoms with Crippen molar-refractivity contribution in [1.82, 2.24) is 5.32 Å². The topological polar surface area (TPSA) is 55.2 Å². The quantitative estimate of drug-likeness (QED) is 0.671. The Balaban J connectivity index is 2.24. The fourth-order valence-electron chi connectivity index (χ4n) is 2.08. The normalized spacial score (nSPS) is 20.7. The van der Waals surface area contributed by atoms with Crippen molar-refractivity contribution in [1.29, 1.82) is 0 Å². The molecule has 16 heavy (non-hydrogen) atoms. The molecule has 0 amide bonds. The molecule has 0 bridgehead atoms. The molecule has 2 rings (SSSR count). The predicted molar refractivity (Wildman–Crippen MR) is 65.6 cm³/mol. The zero-order valence-electron chi connectivity index (χ0n) is 8.78. The van der Waals surface area contributed by atoms with E-state index >= 15 is 0 Å². The van der Waals surface area contributed by atoms with Crippen LogP contribution >= 0.6 is 15.9 Å². The molecule has 0 aliphatic carbocycles. The third kappa shape index (κ3) is 2.41. The molecular formula is C11H13BrN2O2. The van der Waals surface area contributed by atoms with E-state index in [4.69, 9.17) is 0 Å². The fraction of sp³-hybridized carbons (Fsp3) is 0.455. The van der Waals surface area contributed by atoms with Crippen LogP contribution in [0.25, 0.3) is 0 Å². The highest BCUT2D eigenvalue weighted by Crippen LogP contribution is 2.32. The summed E-state index contributed by atoms with van der Waals surface area (Å²) in [6.07, 6.45) is 2.30. The Morgan fingerprint density at radius 1 is 1.50 bits per heavy atom. The highest BCUT2D eigenvalue weighted by molar-refractivity contribution is 9.10. The first kappa shape index (κ1) is 11.5. The first-order valence-electron chi connectivity index (χ1n) is 5.33. The highest BCUT2D eigenvalue weighted by Gasteiger charge is 2.19. The molecule has 1 N–H and O–H groups in total. The SMILES string of the molecule is O=[N+]([O-])c1ccc(C2CCCNC2)c(Br)c1. The van der Waals surface area contributed by atoms with Gasteiger partial charge in [-0.1, -0.05) is 22.0 Å². The first-order valence-corrected chi connectivity index (χ1v) is 6.12. The second-order valence-corrected chi connectivity index (χ2v) is 4.86. The van der Waals surface area contributed by atoms with Gasteiger partial charge in [-0.2, -0.15) is 0 Å². The molecule has 4 nitrogen and oxygen atoms in total. The summed E-state index contributed by atoms with van der Waals surface area (Å²) in [7, 11) is 0. The lowest BCUT2D eigenvalue weighted by molar-refractivity contribution is -0.384. The average Bonchev–Trinajstić information content (AvgIpc) is 2.30. The second-order valence-electron chi connectivity index (χ2n) is 4.01. The van der Waals surface area contributed by atoms with Gasteiger partial charge in [-0.3, -0.25) is 10.1 Å². The van der Waals surface area contributed by atoms with Crippen molar-refractivity contribution >= 4 is 21.6 Å². The number of nitro benzene ring substituents is 1. The van der Waals surface area contributed by atoms with Crippen molar-refractivity contribution < 1.29 is 4.92 Å². The van der Waals surface area contributed by atoms with Crippen molar-refractivity contribution in [3.05, 3.63) is 38.3 Å². The summed E-state index contributed by atoms with van der Waals surface area (Å²) < 4.78 is 0.843. The molecule has 0 radical (unpaired) electrons. The van der Waals surface area contributed by atoms with E-state index in [1.165, 1.54) is 0 Å². The summed E-state index contributed by atoms with van der Waals surface area (Å²) in [5.74, 6) is 0.462. The number of non-ortho nitro benzene ring substituents is 1. The molecule has 1 aliphatic heterocycles. The Morgan fingerprint density at radius 3 is 2.88 bits per heavy atom. The lowest BCUT2D eigenvalue weighted by atomic mass is 9.91. The summed E-state index contributed by atoms with van der Waals surface area (Å²) in [4.78, 5) is 10.2. The van der Waals surface area contributed by atoms with Crippen LogP contribution in [0.1, 0.15) is 24.3 Å². The number of hydrogen-bond donors (Lipinski definition) is 1. The van der Waals surface area contributed by atoms with Gasteiger partial charge in [0.25, 0.3) is 5.69 Å². The van der Waals surface area contributed by atoms with Crippen molar-refractivity contribution in [2.24, 2.45) is 0 Å². The Bertz CT molecular complexity index is 403. The Morgan fingerprint density at radius 2 is 2.31 bits per heavy atom.